The van der Waals surface area contributed by atoms with Crippen molar-refractivity contribution in [3.8, 4) is 5.75 Å². The first-order chi connectivity index (χ1) is 14.1. The molecule has 0 radical (unpaired) electrons. The highest BCUT2D eigenvalue weighted by molar-refractivity contribution is 7.87. The number of nitrogen functional groups attached to an aromatic ring is 1. The zero-order valence-electron chi connectivity index (χ0n) is 17.6. The van der Waals surface area contributed by atoms with Crippen LogP contribution in [0.25, 0.3) is 10.2 Å². The molecule has 3 aromatic rings. The minimum Gasteiger partial charge on any atom is -0.379 e. The highest BCUT2D eigenvalue weighted by Gasteiger charge is 2.24. The maximum Gasteiger partial charge on any atom is 0.339 e. The molecule has 0 amide bonds. The van der Waals surface area contributed by atoms with Crippen LogP contribution in [0.5, 0.6) is 5.75 Å². The van der Waals surface area contributed by atoms with Gasteiger partial charge in [-0.05, 0) is 56.2 Å². The van der Waals surface area contributed by atoms with Crippen LogP contribution in [0.2, 0.25) is 0 Å². The molecule has 1 aromatic heterocycles. The van der Waals surface area contributed by atoms with Gasteiger partial charge in [-0.3, -0.25) is 0 Å². The van der Waals surface area contributed by atoms with Crippen LogP contribution in [-0.4, -0.2) is 32.0 Å². The van der Waals surface area contributed by atoms with Crippen molar-refractivity contribution in [3.63, 3.8) is 0 Å². The lowest BCUT2D eigenvalue weighted by Gasteiger charge is -2.39. The molecule has 162 valence electrons. The quantitative estimate of drug-likeness (QED) is 0.504. The Morgan fingerprint density at radius 2 is 1.77 bits per heavy atom. The largest absolute Gasteiger partial charge is 0.379 e. The molecule has 0 bridgehead atoms. The summed E-state index contributed by atoms with van der Waals surface area (Å²) in [5.41, 5.74) is 13.3. The SMILES string of the molecule is CC(C)C(CN)N(c1ccc(S(=O)(=O)Oc2ccc3nc(N)sc3c2)cc1)C(C)C. The molecule has 1 heterocycles. The molecular formula is C21H28N4O3S2. The van der Waals surface area contributed by atoms with Crippen molar-refractivity contribution >= 4 is 42.5 Å². The van der Waals surface area contributed by atoms with Crippen LogP contribution in [0, 0.1) is 5.92 Å². The average molecular weight is 449 g/mol. The number of fused-ring (bicyclic) bond motifs is 1. The Balaban J connectivity index is 1.85. The maximum atomic E-state index is 12.8. The molecule has 0 aliphatic carbocycles. The van der Waals surface area contributed by atoms with Gasteiger partial charge in [-0.25, -0.2) is 4.98 Å². The smallest absolute Gasteiger partial charge is 0.339 e. The minimum atomic E-state index is -3.97. The van der Waals surface area contributed by atoms with Crippen LogP contribution in [-0.2, 0) is 10.1 Å². The number of benzene rings is 2. The second-order valence-electron chi connectivity index (χ2n) is 7.76. The Labute approximate surface area is 181 Å². The van der Waals surface area contributed by atoms with Crippen LogP contribution in [0.4, 0.5) is 10.8 Å². The van der Waals surface area contributed by atoms with Gasteiger partial charge >= 0.3 is 10.1 Å². The predicted octanol–water partition coefficient (Wildman–Crippen LogP) is 3.84. The van der Waals surface area contributed by atoms with E-state index in [2.05, 4.69) is 37.6 Å². The summed E-state index contributed by atoms with van der Waals surface area (Å²) in [6, 6.07) is 12.0. The number of rotatable bonds is 8. The molecule has 1 atom stereocenters. The molecule has 0 spiro atoms. The highest BCUT2D eigenvalue weighted by Crippen LogP contribution is 2.30. The predicted molar refractivity (Wildman–Crippen MR) is 124 cm³/mol. The number of anilines is 2. The van der Waals surface area contributed by atoms with Crippen LogP contribution >= 0.6 is 11.3 Å². The number of hydrogen-bond donors (Lipinski definition) is 2. The lowest BCUT2D eigenvalue weighted by atomic mass is 10.00. The van der Waals surface area contributed by atoms with Gasteiger partial charge in [-0.2, -0.15) is 8.42 Å². The van der Waals surface area contributed by atoms with Crippen molar-refractivity contribution in [2.75, 3.05) is 17.2 Å². The lowest BCUT2D eigenvalue weighted by Crippen LogP contribution is -2.48. The molecular weight excluding hydrogens is 420 g/mol. The van der Waals surface area contributed by atoms with Crippen molar-refractivity contribution in [1.29, 1.82) is 0 Å². The Hall–Kier alpha value is -2.36. The molecule has 9 heteroatoms. The van der Waals surface area contributed by atoms with Gasteiger partial charge in [0.2, 0.25) is 0 Å². The van der Waals surface area contributed by atoms with E-state index >= 15 is 0 Å². The molecule has 0 aliphatic rings. The van der Waals surface area contributed by atoms with Crippen molar-refractivity contribution in [2.24, 2.45) is 11.7 Å². The van der Waals surface area contributed by atoms with Gasteiger partial charge in [0, 0.05) is 30.4 Å². The van der Waals surface area contributed by atoms with E-state index in [1.165, 1.54) is 11.3 Å². The lowest BCUT2D eigenvalue weighted by molar-refractivity contribution is 0.436. The first-order valence-corrected chi connectivity index (χ1v) is 12.0. The van der Waals surface area contributed by atoms with Crippen LogP contribution in [0.15, 0.2) is 47.4 Å². The third-order valence-corrected chi connectivity index (χ3v) is 7.04. The van der Waals surface area contributed by atoms with E-state index in [9.17, 15) is 8.42 Å². The molecule has 0 saturated heterocycles. The summed E-state index contributed by atoms with van der Waals surface area (Å²) in [4.78, 5) is 6.48. The fraction of sp³-hybridized carbons (Fsp3) is 0.381. The topological polar surface area (TPSA) is 112 Å². The van der Waals surface area contributed by atoms with Gasteiger partial charge in [-0.1, -0.05) is 25.2 Å². The number of aromatic nitrogens is 1. The third-order valence-electron chi connectivity index (χ3n) is 4.93. The molecule has 4 N–H and O–H groups in total. The fourth-order valence-corrected chi connectivity index (χ4v) is 5.20. The second kappa shape index (κ2) is 8.79. The Bertz CT molecular complexity index is 1110. The average Bonchev–Trinajstić information content (AvgIpc) is 3.04. The molecule has 0 aliphatic heterocycles. The summed E-state index contributed by atoms with van der Waals surface area (Å²) in [7, 11) is -3.97. The Morgan fingerprint density at radius 1 is 1.10 bits per heavy atom. The Kier molecular flexibility index (Phi) is 6.54. The molecule has 0 saturated carbocycles. The maximum absolute atomic E-state index is 12.8. The fourth-order valence-electron chi connectivity index (χ4n) is 3.51. The summed E-state index contributed by atoms with van der Waals surface area (Å²) < 4.78 is 31.6. The zero-order valence-corrected chi connectivity index (χ0v) is 19.2. The molecule has 2 aromatic carbocycles. The molecule has 1 unspecified atom stereocenters. The van der Waals surface area contributed by atoms with E-state index in [4.69, 9.17) is 15.7 Å². The summed E-state index contributed by atoms with van der Waals surface area (Å²) in [5.74, 6) is 0.585. The van der Waals surface area contributed by atoms with Crippen LogP contribution in [0.1, 0.15) is 27.7 Å². The van der Waals surface area contributed by atoms with E-state index in [0.717, 1.165) is 10.4 Å². The molecule has 3 rings (SSSR count). The van der Waals surface area contributed by atoms with E-state index in [1.54, 1.807) is 42.5 Å². The number of nitrogens with two attached hydrogens (primary N) is 2. The molecule has 0 fully saturated rings. The van der Waals surface area contributed by atoms with E-state index in [-0.39, 0.29) is 22.7 Å². The zero-order chi connectivity index (χ0) is 22.1. The Morgan fingerprint density at radius 3 is 2.33 bits per heavy atom. The standard InChI is InChI=1S/C21H28N4O3S2/c1-13(2)19(12-22)25(14(3)4)15-5-8-17(9-6-15)30(26,27)28-16-7-10-18-20(11-16)29-21(23)24-18/h5-11,13-14,19H,12,22H2,1-4H3,(H2,23,24). The summed E-state index contributed by atoms with van der Waals surface area (Å²) >= 11 is 1.28. The second-order valence-corrected chi connectivity index (χ2v) is 10.4. The van der Waals surface area contributed by atoms with Crippen molar-refractivity contribution in [2.45, 2.75) is 44.7 Å². The van der Waals surface area contributed by atoms with Crippen molar-refractivity contribution < 1.29 is 12.6 Å². The van der Waals surface area contributed by atoms with Gasteiger partial charge in [0.15, 0.2) is 5.13 Å². The monoisotopic (exact) mass is 448 g/mol. The number of nitrogens with zero attached hydrogens (tertiary/aromatic N) is 2. The van der Waals surface area contributed by atoms with Crippen molar-refractivity contribution in [1.82, 2.24) is 4.98 Å². The number of hydrogen-bond acceptors (Lipinski definition) is 8. The summed E-state index contributed by atoms with van der Waals surface area (Å²) in [6.07, 6.45) is 0. The summed E-state index contributed by atoms with van der Waals surface area (Å²) in [6.45, 7) is 8.98. The third kappa shape index (κ3) is 4.69. The molecule has 30 heavy (non-hydrogen) atoms. The van der Waals surface area contributed by atoms with Gasteiger partial charge < -0.3 is 20.6 Å². The highest BCUT2D eigenvalue weighted by atomic mass is 32.2. The normalized spacial score (nSPS) is 13.2. The first kappa shape index (κ1) is 22.3. The van der Waals surface area contributed by atoms with Crippen molar-refractivity contribution in [3.05, 3.63) is 42.5 Å². The first-order valence-electron chi connectivity index (χ1n) is 9.81. The summed E-state index contributed by atoms with van der Waals surface area (Å²) in [5, 5.41) is 0.424. The van der Waals surface area contributed by atoms with Gasteiger partial charge in [0.1, 0.15) is 10.6 Å². The van der Waals surface area contributed by atoms with Crippen LogP contribution < -0.4 is 20.6 Å². The van der Waals surface area contributed by atoms with Gasteiger partial charge in [0.25, 0.3) is 0 Å². The van der Waals surface area contributed by atoms with Crippen LogP contribution in [0.3, 0.4) is 0 Å². The minimum absolute atomic E-state index is 0.0905. The van der Waals surface area contributed by atoms with Gasteiger partial charge in [0.05, 0.1) is 10.2 Å². The van der Waals surface area contributed by atoms with E-state index in [0.29, 0.717) is 23.1 Å². The van der Waals surface area contributed by atoms with Gasteiger partial charge in [-0.15, -0.1) is 0 Å². The number of thiazole rings is 1. The molecule has 7 nitrogen and oxygen atoms in total. The van der Waals surface area contributed by atoms with E-state index in [1.807, 2.05) is 0 Å². The van der Waals surface area contributed by atoms with E-state index < -0.39 is 10.1 Å².